The number of carbonyl (C=O) groups is 6. The lowest BCUT2D eigenvalue weighted by Crippen LogP contribution is -2.57. The molecule has 2 N–H and O–H groups in total. The van der Waals surface area contributed by atoms with E-state index in [1.54, 1.807) is 109 Å². The lowest BCUT2D eigenvalue weighted by atomic mass is 9.93. The Morgan fingerprint density at radius 2 is 0.823 bits per heavy atom. The van der Waals surface area contributed by atoms with Crippen LogP contribution in [0.15, 0.2) is 143 Å². The van der Waals surface area contributed by atoms with Crippen LogP contribution in [0.2, 0.25) is 20.1 Å². The highest BCUT2D eigenvalue weighted by Gasteiger charge is 2.48. The molecule has 26 heteroatoms. The fraction of sp³-hybridized carbons (Fsp3) is 0.371. The van der Waals surface area contributed by atoms with E-state index in [1.165, 1.54) is 19.6 Å². The molecule has 22 nitrogen and oxygen atoms in total. The molecule has 10 rings (SSSR count). The van der Waals surface area contributed by atoms with E-state index in [4.69, 9.17) is 84.8 Å². The molecule has 4 aliphatic rings. The summed E-state index contributed by atoms with van der Waals surface area (Å²) >= 11 is 25.5. The van der Waals surface area contributed by atoms with Crippen molar-refractivity contribution in [2.75, 3.05) is 106 Å². The number of ether oxygens (including phenoxy) is 6. The average molecular weight is 1390 g/mol. The molecule has 4 atom stereocenters. The summed E-state index contributed by atoms with van der Waals surface area (Å²) in [5, 5.41) is 7.69. The lowest BCUT2D eigenvalue weighted by Gasteiger charge is -2.38. The van der Waals surface area contributed by atoms with Crippen molar-refractivity contribution in [1.29, 1.82) is 0 Å². The molecule has 0 saturated carbocycles. The van der Waals surface area contributed by atoms with E-state index in [2.05, 4.69) is 10.6 Å². The topological polar surface area (TPSA) is 226 Å². The number of amides is 8. The third-order valence-corrected chi connectivity index (χ3v) is 17.3. The summed E-state index contributed by atoms with van der Waals surface area (Å²) in [5.41, 5.74) is 4.19. The van der Waals surface area contributed by atoms with Gasteiger partial charge in [-0.1, -0.05) is 94.9 Å². The molecule has 506 valence electrons. The Balaban J connectivity index is 0.667. The third-order valence-electron chi connectivity index (χ3n) is 16.3. The van der Waals surface area contributed by atoms with Gasteiger partial charge in [-0.25, -0.2) is 9.59 Å². The zero-order chi connectivity index (χ0) is 68.2. The minimum atomic E-state index is -0.683. The maximum atomic E-state index is 15.1. The van der Waals surface area contributed by atoms with E-state index in [9.17, 15) is 19.2 Å². The normalized spacial score (nSPS) is 18.0. The van der Waals surface area contributed by atoms with Gasteiger partial charge in [0.25, 0.3) is 0 Å². The number of amidine groups is 2. The van der Waals surface area contributed by atoms with Crippen LogP contribution in [-0.4, -0.2) is 195 Å². The molecule has 6 aromatic carbocycles. The van der Waals surface area contributed by atoms with Crippen LogP contribution in [-0.2, 0) is 28.7 Å². The first-order valence-electron chi connectivity index (χ1n) is 31.6. The van der Waals surface area contributed by atoms with Crippen LogP contribution >= 0.6 is 46.4 Å². The molecule has 0 unspecified atom stereocenters. The summed E-state index contributed by atoms with van der Waals surface area (Å²) < 4.78 is 35.1. The maximum absolute atomic E-state index is 15.1. The molecule has 2 fully saturated rings. The van der Waals surface area contributed by atoms with Gasteiger partial charge in [-0.2, -0.15) is 0 Å². The maximum Gasteiger partial charge on any atom is 0.326 e. The number of piperazine rings is 2. The van der Waals surface area contributed by atoms with Crippen LogP contribution < -0.4 is 29.6 Å². The Bertz CT molecular complexity index is 3580. The van der Waals surface area contributed by atoms with Gasteiger partial charge in [0.05, 0.1) is 89.2 Å². The van der Waals surface area contributed by atoms with Crippen molar-refractivity contribution in [3.63, 3.8) is 0 Å². The standard InChI is InChI=1S/C70H76Cl4N10O12/c1-43(2)95-57-37-53(91-5)23-25-55(57)67-77-63(45-7-15-49(71)16-8-45)65(47-11-19-51(73)20-12-47)83(67)69(89)81-31-29-79(61(87)41-81)39-59(85)75-27-33-93-35-36-94-34-28-76-60(86)40-80-30-32-82(42-62(80)88)70(90)84-66(48-13-21-52(74)22-14-48)64(46-9-17-50(72)18-10-46)78-68(84)56-26-24-54(92-6)38-58(56)96-44(3)4/h7-26,37-38,43-44,63-66H,27-36,39-42H2,1-6H3,(H,75,85)(H,76,86)/t63-,64+,65+,66-. The van der Waals surface area contributed by atoms with Gasteiger partial charge in [-0.05, 0) is 123 Å². The molecule has 96 heavy (non-hydrogen) atoms. The molecule has 8 amide bonds. The zero-order valence-corrected chi connectivity index (χ0v) is 57.1. The number of urea groups is 2. The summed E-state index contributed by atoms with van der Waals surface area (Å²) in [6, 6.07) is 36.2. The first kappa shape index (κ1) is 70.2. The molecule has 4 heterocycles. The molecule has 2 saturated heterocycles. The second-order valence-corrected chi connectivity index (χ2v) is 25.4. The highest BCUT2D eigenvalue weighted by molar-refractivity contribution is 6.31. The Labute approximate surface area is 577 Å². The fourth-order valence-electron chi connectivity index (χ4n) is 11.7. The van der Waals surface area contributed by atoms with E-state index in [1.807, 2.05) is 76.2 Å². The minimum Gasteiger partial charge on any atom is -0.497 e. The van der Waals surface area contributed by atoms with Gasteiger partial charge in [0.1, 0.15) is 59.8 Å². The summed E-state index contributed by atoms with van der Waals surface area (Å²) in [7, 11) is 3.12. The van der Waals surface area contributed by atoms with Gasteiger partial charge in [0.15, 0.2) is 0 Å². The predicted octanol–water partition coefficient (Wildman–Crippen LogP) is 10.5. The van der Waals surface area contributed by atoms with Crippen molar-refractivity contribution in [3.8, 4) is 23.0 Å². The largest absolute Gasteiger partial charge is 0.497 e. The lowest BCUT2D eigenvalue weighted by molar-refractivity contribution is -0.139. The molecule has 0 aliphatic carbocycles. The number of nitrogens with one attached hydrogen (secondary N) is 2. The van der Waals surface area contributed by atoms with Crippen molar-refractivity contribution < 1.29 is 57.2 Å². The van der Waals surface area contributed by atoms with Gasteiger partial charge >= 0.3 is 12.1 Å². The number of benzene rings is 6. The highest BCUT2D eigenvalue weighted by atomic mass is 35.5. The molecule has 0 aromatic heterocycles. The van der Waals surface area contributed by atoms with E-state index in [0.29, 0.717) is 65.9 Å². The molecular formula is C70H76Cl4N10O12. The second-order valence-electron chi connectivity index (χ2n) is 23.7. The number of rotatable bonds is 25. The van der Waals surface area contributed by atoms with Crippen LogP contribution in [0.25, 0.3) is 0 Å². The number of nitrogens with zero attached hydrogens (tertiary/aromatic N) is 8. The molecule has 4 aliphatic heterocycles. The molecular weight excluding hydrogens is 1310 g/mol. The van der Waals surface area contributed by atoms with Crippen molar-refractivity contribution in [1.82, 2.24) is 40.0 Å². The van der Waals surface area contributed by atoms with Gasteiger partial charge in [-0.3, -0.25) is 39.0 Å². The highest BCUT2D eigenvalue weighted by Crippen LogP contribution is 2.48. The number of carbonyl (C=O) groups excluding carboxylic acids is 6. The van der Waals surface area contributed by atoms with Crippen LogP contribution in [0.3, 0.4) is 0 Å². The number of hydrogen-bond acceptors (Lipinski definition) is 14. The Kier molecular flexibility index (Phi) is 23.7. The van der Waals surface area contributed by atoms with Gasteiger partial charge < -0.3 is 58.7 Å². The Morgan fingerprint density at radius 1 is 0.479 bits per heavy atom. The van der Waals surface area contributed by atoms with Crippen LogP contribution in [0.4, 0.5) is 9.59 Å². The van der Waals surface area contributed by atoms with E-state index in [-0.39, 0.29) is 104 Å². The van der Waals surface area contributed by atoms with Crippen molar-refractivity contribution >= 4 is 93.8 Å². The smallest absolute Gasteiger partial charge is 0.326 e. The first-order valence-corrected chi connectivity index (χ1v) is 33.1. The van der Waals surface area contributed by atoms with Crippen molar-refractivity contribution in [2.24, 2.45) is 9.98 Å². The van der Waals surface area contributed by atoms with E-state index >= 15 is 9.59 Å². The summed E-state index contributed by atoms with van der Waals surface area (Å²) in [6.45, 7) is 8.08. The Morgan fingerprint density at radius 3 is 1.15 bits per heavy atom. The van der Waals surface area contributed by atoms with E-state index in [0.717, 1.165) is 22.3 Å². The van der Waals surface area contributed by atoms with Crippen molar-refractivity contribution in [2.45, 2.75) is 64.1 Å². The molecule has 0 radical (unpaired) electrons. The SMILES string of the molecule is COc1ccc(C2=N[C@@H](c3ccc(Cl)cc3)[C@@H](c3ccc(Cl)cc3)N2C(=O)N2CCN(CC(=O)NCCOCCOCCNC(=O)CN3CCN(C(=O)N4C(c5ccc(OC)cc5OC(C)C)=N[C@H](c5ccc(Cl)cc5)[C@@H]4c4ccc(Cl)cc4)CC3=O)C(=O)C2)c(OC(C)C)c1. The minimum absolute atomic E-state index is 0.0984. The molecule has 0 spiro atoms. The first-order chi connectivity index (χ1) is 46.3. The zero-order valence-electron chi connectivity index (χ0n) is 54.1. The predicted molar refractivity (Wildman–Crippen MR) is 366 cm³/mol. The number of methoxy groups -OCH3 is 2. The van der Waals surface area contributed by atoms with Gasteiger partial charge in [0.2, 0.25) is 23.6 Å². The molecule has 6 aromatic rings. The van der Waals surface area contributed by atoms with E-state index < -0.39 is 59.9 Å². The number of hydrogen-bond donors (Lipinski definition) is 2. The number of aliphatic imine (C=N–C) groups is 2. The quantitative estimate of drug-likeness (QED) is 0.0511. The number of halogens is 4. The van der Waals surface area contributed by atoms with Crippen LogP contribution in [0, 0.1) is 0 Å². The van der Waals surface area contributed by atoms with Crippen LogP contribution in [0.5, 0.6) is 23.0 Å². The van der Waals surface area contributed by atoms with Crippen LogP contribution in [0.1, 0.15) is 85.2 Å². The van der Waals surface area contributed by atoms with Gasteiger partial charge in [0, 0.05) is 71.5 Å². The monoisotopic (exact) mass is 1390 g/mol. The Hall–Kier alpha value is -8.64. The third kappa shape index (κ3) is 17.1. The summed E-state index contributed by atoms with van der Waals surface area (Å²) in [4.78, 5) is 104. The second kappa shape index (κ2) is 32.4. The summed E-state index contributed by atoms with van der Waals surface area (Å²) in [5.74, 6) is 1.06. The van der Waals surface area contributed by atoms with Crippen molar-refractivity contribution in [3.05, 3.63) is 187 Å². The van der Waals surface area contributed by atoms with Gasteiger partial charge in [-0.15, -0.1) is 0 Å². The fourth-order valence-corrected chi connectivity index (χ4v) is 12.2. The summed E-state index contributed by atoms with van der Waals surface area (Å²) in [6.07, 6.45) is -0.469. The molecule has 0 bridgehead atoms. The average Bonchev–Trinajstić information content (AvgIpc) is 1.60.